The minimum Gasteiger partial charge on any atom is -0.393 e. The molecule has 4 aliphatic rings. The summed E-state index contributed by atoms with van der Waals surface area (Å²) in [6, 6.07) is 0. The van der Waals surface area contributed by atoms with Crippen molar-refractivity contribution < 1.29 is 5.11 Å². The summed E-state index contributed by atoms with van der Waals surface area (Å²) in [6.45, 7) is 7.25. The number of nitrogens with zero attached hydrogens (tertiary/aromatic N) is 1. The van der Waals surface area contributed by atoms with Crippen molar-refractivity contribution in [2.75, 3.05) is 0 Å². The van der Waals surface area contributed by atoms with Crippen LogP contribution in [0.5, 0.6) is 0 Å². The number of hydrazone groups is 1. The van der Waals surface area contributed by atoms with Gasteiger partial charge in [-0.2, -0.15) is 5.10 Å². The monoisotopic (exact) mass is 391 g/mol. The van der Waals surface area contributed by atoms with Gasteiger partial charge in [-0.15, -0.1) is 0 Å². The van der Waals surface area contributed by atoms with E-state index in [0.717, 1.165) is 36.5 Å². The van der Waals surface area contributed by atoms with Gasteiger partial charge in [0.05, 0.1) is 6.10 Å². The molecule has 4 aliphatic carbocycles. The van der Waals surface area contributed by atoms with Gasteiger partial charge in [-0.3, -0.25) is 5.43 Å². The van der Waals surface area contributed by atoms with Gasteiger partial charge in [-0.05, 0) is 111 Å². The summed E-state index contributed by atoms with van der Waals surface area (Å²) in [6.07, 6.45) is 11.2. The van der Waals surface area contributed by atoms with Crippen molar-refractivity contribution in [1.82, 2.24) is 5.43 Å². The molecule has 4 saturated carbocycles. The van der Waals surface area contributed by atoms with Crippen LogP contribution in [0.15, 0.2) is 5.10 Å². The Morgan fingerprint density at radius 2 is 1.74 bits per heavy atom. The molecular weight excluding hydrogens is 354 g/mol. The third-order valence-corrected chi connectivity index (χ3v) is 9.58. The van der Waals surface area contributed by atoms with Crippen molar-refractivity contribution in [1.29, 1.82) is 0 Å². The number of hydrogen-bond acceptors (Lipinski definition) is 3. The lowest BCUT2D eigenvalue weighted by molar-refractivity contribution is -0.123. The molecule has 0 heterocycles. The molecule has 27 heavy (non-hydrogen) atoms. The molecule has 0 aliphatic heterocycles. The fraction of sp³-hybridized carbons (Fsp3) is 0.909. The average Bonchev–Trinajstić information content (AvgIpc) is 2.97. The van der Waals surface area contributed by atoms with Gasteiger partial charge in [0.25, 0.3) is 0 Å². The molecular formula is C22H37N3OS. The molecule has 0 aromatic carbocycles. The van der Waals surface area contributed by atoms with E-state index < -0.39 is 0 Å². The first-order valence-corrected chi connectivity index (χ1v) is 11.4. The maximum atomic E-state index is 10.2. The van der Waals surface area contributed by atoms with E-state index in [2.05, 4.69) is 31.3 Å². The number of hydrogen-bond donors (Lipinski definition) is 3. The van der Waals surface area contributed by atoms with Crippen LogP contribution in [0.2, 0.25) is 0 Å². The van der Waals surface area contributed by atoms with E-state index >= 15 is 0 Å². The van der Waals surface area contributed by atoms with Crippen molar-refractivity contribution in [3.63, 3.8) is 0 Å². The summed E-state index contributed by atoms with van der Waals surface area (Å²) in [5.74, 6) is 3.82. The molecule has 4 nitrogen and oxygen atoms in total. The van der Waals surface area contributed by atoms with E-state index in [9.17, 15) is 5.11 Å². The van der Waals surface area contributed by atoms with Crippen molar-refractivity contribution in [3.8, 4) is 0 Å². The van der Waals surface area contributed by atoms with Crippen molar-refractivity contribution >= 4 is 23.0 Å². The predicted molar refractivity (Wildman–Crippen MR) is 114 cm³/mol. The normalized spacial score (nSPS) is 49.7. The molecule has 8 atom stereocenters. The molecule has 0 saturated heterocycles. The molecule has 0 radical (unpaired) electrons. The predicted octanol–water partition coefficient (Wildman–Crippen LogP) is 4.22. The number of thiocarbonyl (C=S) groups is 1. The maximum Gasteiger partial charge on any atom is 0.184 e. The number of fused-ring (bicyclic) bond motifs is 5. The summed E-state index contributed by atoms with van der Waals surface area (Å²) in [5.41, 5.74) is 10.4. The Bertz CT molecular complexity index is 637. The first-order valence-electron chi connectivity index (χ1n) is 11.0. The van der Waals surface area contributed by atoms with Gasteiger partial charge >= 0.3 is 0 Å². The van der Waals surface area contributed by atoms with Crippen LogP contribution < -0.4 is 11.2 Å². The fourth-order valence-corrected chi connectivity index (χ4v) is 8.19. The number of aliphatic hydroxyl groups is 1. The SMILES string of the molecule is C/C(=N\NC(N)=S)C1CCC2C3CC[C@H]4CC(O)CC[C@]4(C)C3CC[C@]12C. The highest BCUT2D eigenvalue weighted by atomic mass is 32.1. The topological polar surface area (TPSA) is 70.6 Å². The Labute approximate surface area is 169 Å². The lowest BCUT2D eigenvalue weighted by Crippen LogP contribution is -2.54. The molecule has 0 aromatic rings. The van der Waals surface area contributed by atoms with Gasteiger partial charge < -0.3 is 10.8 Å². The summed E-state index contributed by atoms with van der Waals surface area (Å²) in [4.78, 5) is 0. The summed E-state index contributed by atoms with van der Waals surface area (Å²) >= 11 is 4.92. The van der Waals surface area contributed by atoms with Crippen LogP contribution in [0.4, 0.5) is 0 Å². The highest BCUT2D eigenvalue weighted by Gasteiger charge is 2.60. The molecule has 4 fully saturated rings. The lowest BCUT2D eigenvalue weighted by Gasteiger charge is -2.61. The second kappa shape index (κ2) is 6.98. The van der Waals surface area contributed by atoms with Gasteiger partial charge in [0.2, 0.25) is 0 Å². The molecule has 0 amide bonds. The molecule has 5 heteroatoms. The first kappa shape index (κ1) is 19.6. The summed E-state index contributed by atoms with van der Waals surface area (Å²) < 4.78 is 0. The lowest BCUT2D eigenvalue weighted by atomic mass is 9.44. The van der Waals surface area contributed by atoms with Gasteiger partial charge in [0.1, 0.15) is 0 Å². The van der Waals surface area contributed by atoms with Crippen LogP contribution >= 0.6 is 12.2 Å². The van der Waals surface area contributed by atoms with Crippen LogP contribution in [0.3, 0.4) is 0 Å². The first-order chi connectivity index (χ1) is 12.8. The van der Waals surface area contributed by atoms with Crippen molar-refractivity contribution in [3.05, 3.63) is 0 Å². The van der Waals surface area contributed by atoms with E-state index in [0.29, 0.717) is 16.7 Å². The Hall–Kier alpha value is -0.680. The quantitative estimate of drug-likeness (QED) is 0.374. The third kappa shape index (κ3) is 3.13. The fourth-order valence-electron chi connectivity index (χ4n) is 8.14. The molecule has 0 aromatic heterocycles. The minimum atomic E-state index is -0.0515. The molecule has 4 N–H and O–H groups in total. The van der Waals surface area contributed by atoms with E-state index in [4.69, 9.17) is 18.0 Å². The third-order valence-electron chi connectivity index (χ3n) is 9.48. The Morgan fingerprint density at radius 3 is 2.48 bits per heavy atom. The summed E-state index contributed by atoms with van der Waals surface area (Å²) in [7, 11) is 0. The average molecular weight is 392 g/mol. The Morgan fingerprint density at radius 1 is 1.04 bits per heavy atom. The molecule has 4 rings (SSSR count). The second-order valence-electron chi connectivity index (χ2n) is 10.5. The maximum absolute atomic E-state index is 10.2. The standard InChI is InChI=1S/C22H37N3OS/c1-13(24-25-20(23)27)17-6-7-18-16-5-4-14-12-15(26)8-10-21(14,2)19(16)9-11-22(17,18)3/h14-19,26H,4-12H2,1-3H3,(H3,23,25,27)/b24-13+/t14-,15?,16?,17?,18?,19?,21-,22+/m0/s1. The zero-order chi connectivity index (χ0) is 19.4. The van der Waals surface area contributed by atoms with E-state index in [1.165, 1.54) is 50.7 Å². The highest BCUT2D eigenvalue weighted by molar-refractivity contribution is 7.80. The number of nitrogens with one attached hydrogen (secondary N) is 1. The smallest absolute Gasteiger partial charge is 0.184 e. The highest BCUT2D eigenvalue weighted by Crippen LogP contribution is 2.67. The van der Waals surface area contributed by atoms with Crippen LogP contribution in [-0.4, -0.2) is 22.0 Å². The van der Waals surface area contributed by atoms with Gasteiger partial charge in [0.15, 0.2) is 5.11 Å². The van der Waals surface area contributed by atoms with Gasteiger partial charge in [-0.25, -0.2) is 0 Å². The van der Waals surface area contributed by atoms with Crippen molar-refractivity contribution in [2.45, 2.75) is 84.7 Å². The number of aliphatic hydroxyl groups excluding tert-OH is 1. The van der Waals surface area contributed by atoms with Crippen LogP contribution in [0, 0.1) is 40.4 Å². The zero-order valence-corrected chi connectivity index (χ0v) is 18.0. The van der Waals surface area contributed by atoms with Crippen LogP contribution in [0.25, 0.3) is 0 Å². The number of rotatable bonds is 2. The zero-order valence-electron chi connectivity index (χ0n) is 17.2. The van der Waals surface area contributed by atoms with Gasteiger partial charge in [0, 0.05) is 11.6 Å². The molecule has 152 valence electrons. The molecule has 5 unspecified atom stereocenters. The second-order valence-corrected chi connectivity index (χ2v) is 10.9. The largest absolute Gasteiger partial charge is 0.393 e. The Balaban J connectivity index is 1.55. The van der Waals surface area contributed by atoms with E-state index in [-0.39, 0.29) is 11.2 Å². The number of nitrogens with two attached hydrogens (primary N) is 1. The van der Waals surface area contributed by atoms with Gasteiger partial charge in [-0.1, -0.05) is 13.8 Å². The van der Waals surface area contributed by atoms with E-state index in [1.807, 2.05) is 0 Å². The van der Waals surface area contributed by atoms with Crippen molar-refractivity contribution in [2.24, 2.45) is 51.3 Å². The summed E-state index contributed by atoms with van der Waals surface area (Å²) in [5, 5.41) is 15.0. The van der Waals surface area contributed by atoms with Crippen LogP contribution in [-0.2, 0) is 0 Å². The molecule has 0 spiro atoms. The Kier molecular flexibility index (Phi) is 5.07. The van der Waals surface area contributed by atoms with E-state index in [1.54, 1.807) is 0 Å². The minimum absolute atomic E-state index is 0.0515. The van der Waals surface area contributed by atoms with Crippen LogP contribution in [0.1, 0.15) is 78.6 Å². The molecule has 0 bridgehead atoms.